The van der Waals surface area contributed by atoms with Crippen LogP contribution < -0.4 is 5.32 Å². The van der Waals surface area contributed by atoms with Gasteiger partial charge in [-0.15, -0.1) is 0 Å². The van der Waals surface area contributed by atoms with Crippen molar-refractivity contribution in [3.63, 3.8) is 0 Å². The zero-order valence-electron chi connectivity index (χ0n) is 15.6. The third kappa shape index (κ3) is 5.00. The summed E-state index contributed by atoms with van der Waals surface area (Å²) in [7, 11) is 0. The highest BCUT2D eigenvalue weighted by molar-refractivity contribution is 5.93. The summed E-state index contributed by atoms with van der Waals surface area (Å²) in [5.74, 6) is -3.45. The Hall–Kier alpha value is -3.89. The average Bonchev–Trinajstić information content (AvgIpc) is 3.09. The van der Waals surface area contributed by atoms with E-state index in [0.29, 0.717) is 0 Å². The number of hydrogen-bond donors (Lipinski definition) is 3. The van der Waals surface area contributed by atoms with Gasteiger partial charge in [-0.25, -0.2) is 9.07 Å². The van der Waals surface area contributed by atoms with Crippen molar-refractivity contribution in [3.8, 4) is 11.6 Å². The van der Waals surface area contributed by atoms with E-state index in [2.05, 4.69) is 10.4 Å². The lowest BCUT2D eigenvalue weighted by atomic mass is 9.97. The molecule has 3 aromatic rings. The van der Waals surface area contributed by atoms with Gasteiger partial charge >= 0.3 is 12.1 Å². The molecule has 1 atom stereocenters. The van der Waals surface area contributed by atoms with Gasteiger partial charge in [-0.05, 0) is 35.9 Å². The number of aromatic hydroxyl groups is 1. The highest BCUT2D eigenvalue weighted by Crippen LogP contribution is 2.35. The summed E-state index contributed by atoms with van der Waals surface area (Å²) in [6.45, 7) is 0. The molecule has 3 rings (SSSR count). The molecule has 0 bridgehead atoms. The number of aromatic nitrogens is 2. The van der Waals surface area contributed by atoms with E-state index < -0.39 is 53.3 Å². The van der Waals surface area contributed by atoms with Gasteiger partial charge in [0.2, 0.25) is 5.88 Å². The fraction of sp³-hybridized carbons (Fsp3) is 0.150. The number of nitrogens with one attached hydrogen (secondary N) is 1. The van der Waals surface area contributed by atoms with Gasteiger partial charge in [-0.1, -0.05) is 18.2 Å². The number of amides is 1. The molecule has 1 amide bonds. The third-order valence-corrected chi connectivity index (χ3v) is 4.32. The average molecular weight is 437 g/mol. The molecule has 162 valence electrons. The molecule has 0 saturated heterocycles. The predicted octanol–water partition coefficient (Wildman–Crippen LogP) is 3.68. The molecule has 0 aliphatic heterocycles. The van der Waals surface area contributed by atoms with E-state index in [-0.39, 0.29) is 11.4 Å². The number of halogens is 4. The maximum Gasteiger partial charge on any atom is 0.416 e. The van der Waals surface area contributed by atoms with Crippen molar-refractivity contribution in [2.45, 2.75) is 18.6 Å². The van der Waals surface area contributed by atoms with Crippen molar-refractivity contribution in [2.75, 3.05) is 0 Å². The second-order valence-electron chi connectivity index (χ2n) is 6.48. The standard InChI is InChI=1S/C20H15F4N3O4/c21-11-5-7-12(8-6-11)27-17(28)9-16(26-27)19(31)25-15(10-18(29)30)13-3-1-2-4-14(13)20(22,23)24/h1-9,15,28H,10H2,(H,25,31)(H,29,30)/t15-/m0/s1. The largest absolute Gasteiger partial charge is 0.493 e. The van der Waals surface area contributed by atoms with Crippen LogP contribution in [-0.2, 0) is 11.0 Å². The molecule has 1 heterocycles. The molecular weight excluding hydrogens is 422 g/mol. The Labute approximate surface area is 172 Å². The molecule has 7 nitrogen and oxygen atoms in total. The summed E-state index contributed by atoms with van der Waals surface area (Å²) in [6, 6.07) is 8.52. The highest BCUT2D eigenvalue weighted by Gasteiger charge is 2.36. The fourth-order valence-corrected chi connectivity index (χ4v) is 2.96. The Morgan fingerprint density at radius 1 is 1.10 bits per heavy atom. The molecule has 3 N–H and O–H groups in total. The van der Waals surface area contributed by atoms with Crippen LogP contribution in [0.25, 0.3) is 5.69 Å². The number of rotatable bonds is 6. The number of carboxylic acids is 1. The summed E-state index contributed by atoms with van der Waals surface area (Å²) < 4.78 is 54.0. The van der Waals surface area contributed by atoms with Gasteiger partial charge in [0.15, 0.2) is 5.69 Å². The normalized spacial score (nSPS) is 12.4. The van der Waals surface area contributed by atoms with Gasteiger partial charge < -0.3 is 15.5 Å². The van der Waals surface area contributed by atoms with Gasteiger partial charge in [0, 0.05) is 6.07 Å². The predicted molar refractivity (Wildman–Crippen MR) is 99.1 cm³/mol. The van der Waals surface area contributed by atoms with Crippen molar-refractivity contribution in [3.05, 3.63) is 77.2 Å². The van der Waals surface area contributed by atoms with Crippen molar-refractivity contribution in [1.29, 1.82) is 0 Å². The molecule has 0 unspecified atom stereocenters. The van der Waals surface area contributed by atoms with E-state index in [1.165, 1.54) is 18.2 Å². The molecular formula is C20H15F4N3O4. The zero-order chi connectivity index (χ0) is 22.8. The minimum Gasteiger partial charge on any atom is -0.493 e. The smallest absolute Gasteiger partial charge is 0.416 e. The molecule has 0 saturated carbocycles. The molecule has 0 aliphatic carbocycles. The number of carbonyl (C=O) groups excluding carboxylic acids is 1. The summed E-state index contributed by atoms with van der Waals surface area (Å²) in [4.78, 5) is 23.8. The first-order valence-electron chi connectivity index (χ1n) is 8.80. The number of carboxylic acid groups (broad SMARTS) is 1. The second-order valence-corrected chi connectivity index (χ2v) is 6.48. The molecule has 2 aromatic carbocycles. The zero-order valence-corrected chi connectivity index (χ0v) is 15.6. The van der Waals surface area contributed by atoms with Crippen LogP contribution in [0.5, 0.6) is 5.88 Å². The first-order chi connectivity index (χ1) is 14.6. The topological polar surface area (TPSA) is 104 Å². The lowest BCUT2D eigenvalue weighted by Crippen LogP contribution is -2.32. The van der Waals surface area contributed by atoms with E-state index in [1.54, 1.807) is 0 Å². The Morgan fingerprint density at radius 2 is 1.74 bits per heavy atom. The minimum absolute atomic E-state index is 0.224. The van der Waals surface area contributed by atoms with Crippen LogP contribution in [0.1, 0.15) is 34.1 Å². The number of benzene rings is 2. The van der Waals surface area contributed by atoms with Crippen molar-refractivity contribution in [1.82, 2.24) is 15.1 Å². The van der Waals surface area contributed by atoms with Crippen LogP contribution in [0.15, 0.2) is 54.6 Å². The van der Waals surface area contributed by atoms with Crippen molar-refractivity contribution >= 4 is 11.9 Å². The second kappa shape index (κ2) is 8.46. The monoisotopic (exact) mass is 437 g/mol. The third-order valence-electron chi connectivity index (χ3n) is 4.32. The van der Waals surface area contributed by atoms with Gasteiger partial charge in [0.1, 0.15) is 5.82 Å². The van der Waals surface area contributed by atoms with Crippen LogP contribution >= 0.6 is 0 Å². The van der Waals surface area contributed by atoms with Crippen LogP contribution in [0.3, 0.4) is 0 Å². The molecule has 0 radical (unpaired) electrons. The Morgan fingerprint density at radius 3 is 2.35 bits per heavy atom. The molecule has 11 heteroatoms. The van der Waals surface area contributed by atoms with Crippen LogP contribution in [-0.4, -0.2) is 31.9 Å². The molecule has 0 aliphatic rings. The maximum absolute atomic E-state index is 13.3. The lowest BCUT2D eigenvalue weighted by Gasteiger charge is -2.21. The van der Waals surface area contributed by atoms with Crippen molar-refractivity contribution < 1.29 is 37.4 Å². The number of nitrogens with zero attached hydrogens (tertiary/aromatic N) is 2. The molecule has 0 fully saturated rings. The highest BCUT2D eigenvalue weighted by atomic mass is 19.4. The lowest BCUT2D eigenvalue weighted by molar-refractivity contribution is -0.140. The van der Waals surface area contributed by atoms with Gasteiger partial charge in [-0.2, -0.15) is 18.3 Å². The number of aliphatic carboxylic acids is 1. The van der Waals surface area contributed by atoms with E-state index in [9.17, 15) is 32.3 Å². The van der Waals surface area contributed by atoms with Crippen LogP contribution in [0.2, 0.25) is 0 Å². The maximum atomic E-state index is 13.3. The van der Waals surface area contributed by atoms with Gasteiger partial charge in [-0.3, -0.25) is 9.59 Å². The summed E-state index contributed by atoms with van der Waals surface area (Å²) in [6.07, 6.45) is -5.58. The number of hydrogen-bond acceptors (Lipinski definition) is 4. The van der Waals surface area contributed by atoms with Crippen LogP contribution in [0, 0.1) is 5.82 Å². The number of alkyl halides is 3. The Balaban J connectivity index is 1.92. The van der Waals surface area contributed by atoms with Gasteiger partial charge in [0.25, 0.3) is 5.91 Å². The van der Waals surface area contributed by atoms with E-state index in [1.807, 2.05) is 0 Å². The Bertz CT molecular complexity index is 1110. The van der Waals surface area contributed by atoms with E-state index in [0.717, 1.165) is 41.1 Å². The minimum atomic E-state index is -4.76. The molecule has 1 aromatic heterocycles. The molecule has 31 heavy (non-hydrogen) atoms. The number of carbonyl (C=O) groups is 2. The summed E-state index contributed by atoms with van der Waals surface area (Å²) in [5.41, 5.74) is -1.65. The van der Waals surface area contributed by atoms with Crippen molar-refractivity contribution in [2.24, 2.45) is 0 Å². The fourth-order valence-electron chi connectivity index (χ4n) is 2.96. The SMILES string of the molecule is O=C(O)C[C@H](NC(=O)c1cc(O)n(-c2ccc(F)cc2)n1)c1ccccc1C(F)(F)F. The first-order valence-corrected chi connectivity index (χ1v) is 8.80. The van der Waals surface area contributed by atoms with Crippen LogP contribution in [0.4, 0.5) is 17.6 Å². The van der Waals surface area contributed by atoms with E-state index >= 15 is 0 Å². The summed E-state index contributed by atoms with van der Waals surface area (Å²) >= 11 is 0. The Kier molecular flexibility index (Phi) is 5.95. The van der Waals surface area contributed by atoms with E-state index in [4.69, 9.17) is 5.11 Å². The van der Waals surface area contributed by atoms with Gasteiger partial charge in [0.05, 0.1) is 23.7 Å². The molecule has 0 spiro atoms. The first kappa shape index (κ1) is 21.8. The quantitative estimate of drug-likeness (QED) is 0.511. The summed E-state index contributed by atoms with van der Waals surface area (Å²) in [5, 5.41) is 25.2.